The van der Waals surface area contributed by atoms with Crippen LogP contribution in [0.4, 0.5) is 5.69 Å². The molecule has 0 atom stereocenters. The Labute approximate surface area is 71.6 Å². The number of nitrogens with one attached hydrogen (secondary N) is 2. The van der Waals surface area contributed by atoms with Crippen LogP contribution in [-0.2, 0) is 0 Å². The summed E-state index contributed by atoms with van der Waals surface area (Å²) in [4.78, 5) is 15.9. The first-order valence-electron chi connectivity index (χ1n) is 3.73. The minimum Gasteiger partial charge on any atom is -0.386 e. The Hall–Kier alpha value is -1.45. The molecule has 1 amide bonds. The predicted molar refractivity (Wildman–Crippen MR) is 48.4 cm³/mol. The zero-order valence-electron chi connectivity index (χ0n) is 7.51. The SMILES string of the molecule is CNc1c[nH]cc1C(=O)N(C)C. The van der Waals surface area contributed by atoms with E-state index in [0.29, 0.717) is 5.56 Å². The fourth-order valence-corrected chi connectivity index (χ4v) is 0.989. The number of nitrogens with zero attached hydrogens (tertiary/aromatic N) is 1. The lowest BCUT2D eigenvalue weighted by molar-refractivity contribution is 0.0828. The molecule has 1 aromatic rings. The molecular formula is C8H13N3O. The number of hydrogen-bond donors (Lipinski definition) is 2. The number of carbonyl (C=O) groups is 1. The normalized spacial score (nSPS) is 9.58. The summed E-state index contributed by atoms with van der Waals surface area (Å²) in [5.41, 5.74) is 1.50. The van der Waals surface area contributed by atoms with E-state index >= 15 is 0 Å². The summed E-state index contributed by atoms with van der Waals surface area (Å²) in [5, 5.41) is 2.93. The van der Waals surface area contributed by atoms with Gasteiger partial charge in [0.2, 0.25) is 0 Å². The second-order valence-corrected chi connectivity index (χ2v) is 2.73. The fourth-order valence-electron chi connectivity index (χ4n) is 0.989. The smallest absolute Gasteiger partial charge is 0.256 e. The molecule has 1 heterocycles. The molecule has 66 valence electrons. The largest absolute Gasteiger partial charge is 0.386 e. The van der Waals surface area contributed by atoms with Gasteiger partial charge in [-0.15, -0.1) is 0 Å². The molecule has 0 spiro atoms. The number of anilines is 1. The zero-order chi connectivity index (χ0) is 9.14. The van der Waals surface area contributed by atoms with E-state index in [1.807, 2.05) is 0 Å². The molecule has 1 aromatic heterocycles. The van der Waals surface area contributed by atoms with E-state index in [2.05, 4.69) is 10.3 Å². The molecule has 0 aliphatic carbocycles. The van der Waals surface area contributed by atoms with Crippen molar-refractivity contribution >= 4 is 11.6 Å². The molecule has 0 saturated heterocycles. The van der Waals surface area contributed by atoms with Crippen molar-refractivity contribution in [3.8, 4) is 0 Å². The fraction of sp³-hybridized carbons (Fsp3) is 0.375. The molecule has 1 rings (SSSR count). The third-order valence-electron chi connectivity index (χ3n) is 1.65. The first kappa shape index (κ1) is 8.64. The number of hydrogen-bond acceptors (Lipinski definition) is 2. The molecule has 0 saturated carbocycles. The van der Waals surface area contributed by atoms with Gasteiger partial charge in [0, 0.05) is 33.5 Å². The Morgan fingerprint density at radius 2 is 2.17 bits per heavy atom. The maximum atomic E-state index is 11.5. The van der Waals surface area contributed by atoms with Gasteiger partial charge in [0.1, 0.15) is 0 Å². The van der Waals surface area contributed by atoms with Gasteiger partial charge in [0.15, 0.2) is 0 Å². The van der Waals surface area contributed by atoms with Crippen molar-refractivity contribution in [1.29, 1.82) is 0 Å². The molecule has 12 heavy (non-hydrogen) atoms. The van der Waals surface area contributed by atoms with Crippen LogP contribution in [0.15, 0.2) is 12.4 Å². The molecule has 0 unspecified atom stereocenters. The first-order valence-corrected chi connectivity index (χ1v) is 3.73. The van der Waals surface area contributed by atoms with Crippen molar-refractivity contribution in [3.05, 3.63) is 18.0 Å². The molecule has 0 fully saturated rings. The van der Waals surface area contributed by atoms with Crippen molar-refractivity contribution < 1.29 is 4.79 Å². The quantitative estimate of drug-likeness (QED) is 0.683. The topological polar surface area (TPSA) is 48.1 Å². The van der Waals surface area contributed by atoms with E-state index in [0.717, 1.165) is 5.69 Å². The third-order valence-corrected chi connectivity index (χ3v) is 1.65. The van der Waals surface area contributed by atoms with Crippen LogP contribution in [0, 0.1) is 0 Å². The summed E-state index contributed by atoms with van der Waals surface area (Å²) in [7, 11) is 5.25. The number of H-pyrrole nitrogens is 1. The summed E-state index contributed by atoms with van der Waals surface area (Å²) in [6, 6.07) is 0. The number of rotatable bonds is 2. The van der Waals surface area contributed by atoms with Gasteiger partial charge < -0.3 is 15.2 Å². The van der Waals surface area contributed by atoms with Gasteiger partial charge in [-0.05, 0) is 0 Å². The van der Waals surface area contributed by atoms with E-state index in [4.69, 9.17) is 0 Å². The number of aromatic nitrogens is 1. The second kappa shape index (κ2) is 3.30. The summed E-state index contributed by atoms with van der Waals surface area (Å²) in [6.07, 6.45) is 3.45. The van der Waals surface area contributed by atoms with Gasteiger partial charge in [-0.25, -0.2) is 0 Å². The maximum absolute atomic E-state index is 11.5. The van der Waals surface area contributed by atoms with Crippen LogP contribution in [0.2, 0.25) is 0 Å². The van der Waals surface area contributed by atoms with Gasteiger partial charge in [-0.3, -0.25) is 4.79 Å². The van der Waals surface area contributed by atoms with Gasteiger partial charge in [-0.1, -0.05) is 0 Å². The van der Waals surface area contributed by atoms with Crippen LogP contribution in [0.25, 0.3) is 0 Å². The van der Waals surface area contributed by atoms with Crippen LogP contribution < -0.4 is 5.32 Å². The number of aromatic amines is 1. The summed E-state index contributed by atoms with van der Waals surface area (Å²) >= 11 is 0. The highest BCUT2D eigenvalue weighted by Gasteiger charge is 2.12. The van der Waals surface area contributed by atoms with Crippen molar-refractivity contribution in [2.24, 2.45) is 0 Å². The van der Waals surface area contributed by atoms with E-state index < -0.39 is 0 Å². The number of carbonyl (C=O) groups excluding carboxylic acids is 1. The van der Waals surface area contributed by atoms with Crippen LogP contribution >= 0.6 is 0 Å². The summed E-state index contributed by atoms with van der Waals surface area (Å²) < 4.78 is 0. The average molecular weight is 167 g/mol. The first-order chi connectivity index (χ1) is 5.66. The monoisotopic (exact) mass is 167 g/mol. The molecule has 2 N–H and O–H groups in total. The minimum atomic E-state index is 0.000556. The molecule has 0 aliphatic heterocycles. The van der Waals surface area contributed by atoms with E-state index in [1.54, 1.807) is 38.4 Å². The van der Waals surface area contributed by atoms with Crippen LogP contribution in [-0.4, -0.2) is 36.9 Å². The Bertz CT molecular complexity index is 278. The van der Waals surface area contributed by atoms with Crippen molar-refractivity contribution in [2.75, 3.05) is 26.5 Å². The predicted octanol–water partition coefficient (Wildman–Crippen LogP) is 0.758. The number of amides is 1. The third kappa shape index (κ3) is 1.42. The van der Waals surface area contributed by atoms with Crippen LogP contribution in [0.3, 0.4) is 0 Å². The lowest BCUT2D eigenvalue weighted by atomic mass is 10.2. The van der Waals surface area contributed by atoms with Gasteiger partial charge in [0.05, 0.1) is 11.3 Å². The molecular weight excluding hydrogens is 154 g/mol. The highest BCUT2D eigenvalue weighted by Crippen LogP contribution is 2.14. The van der Waals surface area contributed by atoms with Crippen molar-refractivity contribution in [3.63, 3.8) is 0 Å². The van der Waals surface area contributed by atoms with Crippen LogP contribution in [0.1, 0.15) is 10.4 Å². The Morgan fingerprint density at radius 1 is 1.50 bits per heavy atom. The standard InChI is InChI=1S/C8H13N3O/c1-9-7-5-10-4-6(7)8(12)11(2)3/h4-5,9-10H,1-3H3. The van der Waals surface area contributed by atoms with E-state index in [1.165, 1.54) is 0 Å². The Morgan fingerprint density at radius 3 is 2.67 bits per heavy atom. The summed E-state index contributed by atoms with van der Waals surface area (Å²) in [6.45, 7) is 0. The average Bonchev–Trinajstić information content (AvgIpc) is 2.49. The lowest BCUT2D eigenvalue weighted by Crippen LogP contribution is -2.21. The second-order valence-electron chi connectivity index (χ2n) is 2.73. The van der Waals surface area contributed by atoms with E-state index in [9.17, 15) is 4.79 Å². The van der Waals surface area contributed by atoms with Crippen molar-refractivity contribution in [2.45, 2.75) is 0 Å². The van der Waals surface area contributed by atoms with Gasteiger partial charge in [0.25, 0.3) is 5.91 Å². The Kier molecular flexibility index (Phi) is 2.38. The van der Waals surface area contributed by atoms with Gasteiger partial charge >= 0.3 is 0 Å². The lowest BCUT2D eigenvalue weighted by Gasteiger charge is -2.09. The van der Waals surface area contributed by atoms with Gasteiger partial charge in [-0.2, -0.15) is 0 Å². The highest BCUT2D eigenvalue weighted by molar-refractivity contribution is 5.99. The van der Waals surface area contributed by atoms with Crippen LogP contribution in [0.5, 0.6) is 0 Å². The molecule has 0 aliphatic rings. The van der Waals surface area contributed by atoms with Crippen molar-refractivity contribution in [1.82, 2.24) is 9.88 Å². The highest BCUT2D eigenvalue weighted by atomic mass is 16.2. The minimum absolute atomic E-state index is 0.000556. The molecule has 4 nitrogen and oxygen atoms in total. The maximum Gasteiger partial charge on any atom is 0.256 e. The molecule has 0 aromatic carbocycles. The molecule has 0 bridgehead atoms. The molecule has 0 radical (unpaired) electrons. The summed E-state index contributed by atoms with van der Waals surface area (Å²) in [5.74, 6) is 0.000556. The zero-order valence-corrected chi connectivity index (χ0v) is 7.51. The Balaban J connectivity index is 2.94. The van der Waals surface area contributed by atoms with E-state index in [-0.39, 0.29) is 5.91 Å². The molecule has 4 heteroatoms.